The molecule has 1 aromatic carbocycles. The third-order valence-electron chi connectivity index (χ3n) is 3.89. The van der Waals surface area contributed by atoms with Crippen molar-refractivity contribution in [3.8, 4) is 0 Å². The molecule has 4 heteroatoms. The summed E-state index contributed by atoms with van der Waals surface area (Å²) in [6.45, 7) is 7.59. The van der Waals surface area contributed by atoms with Crippen LogP contribution in [0.1, 0.15) is 19.4 Å². The van der Waals surface area contributed by atoms with Crippen molar-refractivity contribution in [3.05, 3.63) is 35.9 Å². The number of carbonyl (C=O) groups is 1. The normalized spacial score (nSPS) is 17.8. The molecule has 1 fully saturated rings. The maximum absolute atomic E-state index is 12.2. The predicted molar refractivity (Wildman–Crippen MR) is 76.6 cm³/mol. The molecule has 0 aromatic heterocycles. The van der Waals surface area contributed by atoms with Crippen molar-refractivity contribution in [2.75, 3.05) is 26.2 Å². The standard InChI is InChI=1S/C15H23N3O/c1-15(2,12-16)18-9-8-17(14(19)11-18)10-13-6-4-3-5-7-13/h3-7H,8-12,16H2,1-2H3. The summed E-state index contributed by atoms with van der Waals surface area (Å²) in [5.74, 6) is 0.191. The number of amides is 1. The van der Waals surface area contributed by atoms with E-state index in [1.54, 1.807) is 0 Å². The molecular weight excluding hydrogens is 238 g/mol. The highest BCUT2D eigenvalue weighted by molar-refractivity contribution is 5.79. The first-order valence-electron chi connectivity index (χ1n) is 6.80. The second-order valence-electron chi connectivity index (χ2n) is 5.74. The Balaban J connectivity index is 1.96. The van der Waals surface area contributed by atoms with Gasteiger partial charge >= 0.3 is 0 Å². The second-order valence-corrected chi connectivity index (χ2v) is 5.74. The summed E-state index contributed by atoms with van der Waals surface area (Å²) in [7, 11) is 0. The van der Waals surface area contributed by atoms with Gasteiger partial charge in [-0.15, -0.1) is 0 Å². The first-order chi connectivity index (χ1) is 9.03. The largest absolute Gasteiger partial charge is 0.336 e. The van der Waals surface area contributed by atoms with Gasteiger partial charge in [-0.25, -0.2) is 0 Å². The first-order valence-corrected chi connectivity index (χ1v) is 6.80. The van der Waals surface area contributed by atoms with E-state index in [0.717, 1.165) is 13.1 Å². The molecule has 0 bridgehead atoms. The van der Waals surface area contributed by atoms with E-state index in [2.05, 4.69) is 30.9 Å². The van der Waals surface area contributed by atoms with Crippen LogP contribution in [-0.4, -0.2) is 47.4 Å². The Labute approximate surface area is 115 Å². The monoisotopic (exact) mass is 261 g/mol. The molecule has 1 aliphatic heterocycles. The summed E-state index contributed by atoms with van der Waals surface area (Å²) < 4.78 is 0. The van der Waals surface area contributed by atoms with Gasteiger partial charge in [0.2, 0.25) is 5.91 Å². The molecule has 2 N–H and O–H groups in total. The van der Waals surface area contributed by atoms with Gasteiger partial charge in [0.15, 0.2) is 0 Å². The Bertz CT molecular complexity index is 430. The lowest BCUT2D eigenvalue weighted by atomic mass is 10.0. The zero-order chi connectivity index (χ0) is 13.9. The van der Waals surface area contributed by atoms with Gasteiger partial charge in [-0.2, -0.15) is 0 Å². The van der Waals surface area contributed by atoms with Gasteiger partial charge in [-0.05, 0) is 19.4 Å². The van der Waals surface area contributed by atoms with Crippen LogP contribution in [0.4, 0.5) is 0 Å². The molecule has 1 amide bonds. The van der Waals surface area contributed by atoms with Crippen LogP contribution in [0.5, 0.6) is 0 Å². The van der Waals surface area contributed by atoms with Crippen molar-refractivity contribution in [2.24, 2.45) is 5.73 Å². The molecule has 104 valence electrons. The Morgan fingerprint density at radius 2 is 1.89 bits per heavy atom. The maximum atomic E-state index is 12.2. The summed E-state index contributed by atoms with van der Waals surface area (Å²) in [4.78, 5) is 16.3. The van der Waals surface area contributed by atoms with Crippen LogP contribution < -0.4 is 5.73 Å². The van der Waals surface area contributed by atoms with E-state index in [1.807, 2.05) is 23.1 Å². The Morgan fingerprint density at radius 1 is 1.21 bits per heavy atom. The van der Waals surface area contributed by atoms with Crippen molar-refractivity contribution in [1.29, 1.82) is 0 Å². The maximum Gasteiger partial charge on any atom is 0.237 e. The van der Waals surface area contributed by atoms with Gasteiger partial charge in [0.1, 0.15) is 0 Å². The van der Waals surface area contributed by atoms with Crippen LogP contribution >= 0.6 is 0 Å². The number of carbonyl (C=O) groups excluding carboxylic acids is 1. The van der Waals surface area contributed by atoms with Crippen LogP contribution in [0.2, 0.25) is 0 Å². The van der Waals surface area contributed by atoms with Crippen LogP contribution in [0.25, 0.3) is 0 Å². The summed E-state index contributed by atoms with van der Waals surface area (Å²) in [6.07, 6.45) is 0. The molecule has 4 nitrogen and oxygen atoms in total. The Hall–Kier alpha value is -1.39. The molecule has 0 saturated carbocycles. The molecule has 1 aromatic rings. The molecular formula is C15H23N3O. The number of nitrogens with zero attached hydrogens (tertiary/aromatic N) is 2. The van der Waals surface area contributed by atoms with E-state index in [1.165, 1.54) is 5.56 Å². The topological polar surface area (TPSA) is 49.6 Å². The van der Waals surface area contributed by atoms with E-state index in [9.17, 15) is 4.79 Å². The van der Waals surface area contributed by atoms with Crippen LogP contribution in [0, 0.1) is 0 Å². The highest BCUT2D eigenvalue weighted by Gasteiger charge is 2.32. The molecule has 0 aliphatic carbocycles. The van der Waals surface area contributed by atoms with Crippen molar-refractivity contribution in [3.63, 3.8) is 0 Å². The summed E-state index contributed by atoms with van der Waals surface area (Å²) in [5.41, 5.74) is 6.85. The highest BCUT2D eigenvalue weighted by atomic mass is 16.2. The number of hydrogen-bond acceptors (Lipinski definition) is 3. The lowest BCUT2D eigenvalue weighted by Crippen LogP contribution is -2.59. The number of nitrogens with two attached hydrogens (primary N) is 1. The highest BCUT2D eigenvalue weighted by Crippen LogP contribution is 2.17. The fourth-order valence-corrected chi connectivity index (χ4v) is 2.33. The SMILES string of the molecule is CC(C)(CN)N1CCN(Cc2ccccc2)C(=O)C1. The lowest BCUT2D eigenvalue weighted by Gasteiger charge is -2.43. The van der Waals surface area contributed by atoms with Gasteiger partial charge in [-0.3, -0.25) is 9.69 Å². The molecule has 1 heterocycles. The van der Waals surface area contributed by atoms with Crippen LogP contribution in [-0.2, 0) is 11.3 Å². The van der Waals surface area contributed by atoms with Gasteiger partial charge in [0, 0.05) is 31.7 Å². The van der Waals surface area contributed by atoms with E-state index >= 15 is 0 Å². The van der Waals surface area contributed by atoms with Crippen LogP contribution in [0.15, 0.2) is 30.3 Å². The number of piperazine rings is 1. The minimum atomic E-state index is -0.103. The molecule has 19 heavy (non-hydrogen) atoms. The van der Waals surface area contributed by atoms with Gasteiger partial charge in [0.05, 0.1) is 6.54 Å². The minimum Gasteiger partial charge on any atom is -0.336 e. The molecule has 0 radical (unpaired) electrons. The number of hydrogen-bond donors (Lipinski definition) is 1. The minimum absolute atomic E-state index is 0.103. The summed E-state index contributed by atoms with van der Waals surface area (Å²) in [5, 5.41) is 0. The van der Waals surface area contributed by atoms with Crippen molar-refractivity contribution in [1.82, 2.24) is 9.80 Å². The van der Waals surface area contributed by atoms with Crippen molar-refractivity contribution in [2.45, 2.75) is 25.9 Å². The Morgan fingerprint density at radius 3 is 2.47 bits per heavy atom. The third kappa shape index (κ3) is 3.33. The molecule has 0 unspecified atom stereocenters. The second kappa shape index (κ2) is 5.72. The first kappa shape index (κ1) is 14.0. The third-order valence-corrected chi connectivity index (χ3v) is 3.89. The van der Waals surface area contributed by atoms with E-state index in [-0.39, 0.29) is 11.4 Å². The van der Waals surface area contributed by atoms with Crippen LogP contribution in [0.3, 0.4) is 0 Å². The van der Waals surface area contributed by atoms with Gasteiger partial charge in [-0.1, -0.05) is 30.3 Å². The number of benzene rings is 1. The smallest absolute Gasteiger partial charge is 0.237 e. The predicted octanol–water partition coefficient (Wildman–Crippen LogP) is 1.07. The average molecular weight is 261 g/mol. The van der Waals surface area contributed by atoms with Gasteiger partial charge in [0.25, 0.3) is 0 Å². The zero-order valence-corrected chi connectivity index (χ0v) is 11.8. The molecule has 1 aliphatic rings. The summed E-state index contributed by atoms with van der Waals surface area (Å²) >= 11 is 0. The molecule has 0 spiro atoms. The fraction of sp³-hybridized carbons (Fsp3) is 0.533. The summed E-state index contributed by atoms with van der Waals surface area (Å²) in [6, 6.07) is 10.1. The lowest BCUT2D eigenvalue weighted by molar-refractivity contribution is -0.139. The molecule has 0 atom stereocenters. The van der Waals surface area contributed by atoms with Gasteiger partial charge < -0.3 is 10.6 Å². The fourth-order valence-electron chi connectivity index (χ4n) is 2.33. The van der Waals surface area contributed by atoms with E-state index in [0.29, 0.717) is 19.6 Å². The zero-order valence-electron chi connectivity index (χ0n) is 11.8. The van der Waals surface area contributed by atoms with Crippen molar-refractivity contribution >= 4 is 5.91 Å². The molecule has 1 saturated heterocycles. The van der Waals surface area contributed by atoms with E-state index in [4.69, 9.17) is 5.73 Å². The van der Waals surface area contributed by atoms with Crippen molar-refractivity contribution < 1.29 is 4.79 Å². The number of rotatable bonds is 4. The Kier molecular flexibility index (Phi) is 4.22. The van der Waals surface area contributed by atoms with E-state index < -0.39 is 0 Å². The molecule has 2 rings (SSSR count). The average Bonchev–Trinajstić information content (AvgIpc) is 2.42. The quantitative estimate of drug-likeness (QED) is 0.882.